The smallest absolute Gasteiger partial charge is 0.239 e. The number of benzene rings is 1. The van der Waals surface area contributed by atoms with Crippen LogP contribution in [0.4, 0.5) is 5.69 Å². The number of methoxy groups -OCH3 is 1. The zero-order valence-corrected chi connectivity index (χ0v) is 13.0. The number of rotatable bonds is 8. The van der Waals surface area contributed by atoms with E-state index in [9.17, 15) is 4.79 Å². The third-order valence-electron chi connectivity index (χ3n) is 2.87. The van der Waals surface area contributed by atoms with Gasteiger partial charge in [0, 0.05) is 43.5 Å². The van der Waals surface area contributed by atoms with Crippen molar-refractivity contribution in [2.75, 3.05) is 45.8 Å². The molecule has 1 aromatic carbocycles. The number of nitrogens with one attached hydrogen (secondary N) is 2. The molecule has 0 atom stereocenters. The SMILES string of the molecule is CNCc1c(Cl)cccc1N(C)CC(=O)NCCOC. The summed E-state index contributed by atoms with van der Waals surface area (Å²) in [4.78, 5) is 13.7. The molecular weight excluding hydrogens is 278 g/mol. The fourth-order valence-corrected chi connectivity index (χ4v) is 2.14. The molecule has 0 aliphatic rings. The van der Waals surface area contributed by atoms with Crippen molar-refractivity contribution in [1.29, 1.82) is 0 Å². The number of hydrogen-bond donors (Lipinski definition) is 2. The van der Waals surface area contributed by atoms with Crippen LogP contribution in [-0.4, -0.2) is 46.8 Å². The monoisotopic (exact) mass is 299 g/mol. The van der Waals surface area contributed by atoms with Crippen molar-refractivity contribution >= 4 is 23.2 Å². The number of nitrogens with zero attached hydrogens (tertiary/aromatic N) is 1. The molecule has 0 aliphatic heterocycles. The largest absolute Gasteiger partial charge is 0.383 e. The number of anilines is 1. The van der Waals surface area contributed by atoms with Gasteiger partial charge in [0.05, 0.1) is 13.2 Å². The van der Waals surface area contributed by atoms with Gasteiger partial charge in [-0.1, -0.05) is 17.7 Å². The molecule has 0 unspecified atom stereocenters. The first-order chi connectivity index (χ1) is 9.60. The van der Waals surface area contributed by atoms with Crippen LogP contribution in [0.5, 0.6) is 0 Å². The van der Waals surface area contributed by atoms with Crippen LogP contribution in [0.15, 0.2) is 18.2 Å². The molecule has 0 fully saturated rings. The normalized spacial score (nSPS) is 10.4. The maximum Gasteiger partial charge on any atom is 0.239 e. The first-order valence-electron chi connectivity index (χ1n) is 6.49. The number of halogens is 1. The first-order valence-corrected chi connectivity index (χ1v) is 6.86. The summed E-state index contributed by atoms with van der Waals surface area (Å²) in [6.45, 7) is 1.96. The van der Waals surface area contributed by atoms with Crippen molar-refractivity contribution < 1.29 is 9.53 Å². The topological polar surface area (TPSA) is 53.6 Å². The van der Waals surface area contributed by atoms with Crippen molar-refractivity contribution in [1.82, 2.24) is 10.6 Å². The summed E-state index contributed by atoms with van der Waals surface area (Å²) >= 11 is 6.21. The van der Waals surface area contributed by atoms with Gasteiger partial charge in [0.2, 0.25) is 5.91 Å². The molecule has 1 amide bonds. The predicted molar refractivity (Wildman–Crippen MR) is 82.4 cm³/mol. The molecule has 20 heavy (non-hydrogen) atoms. The van der Waals surface area contributed by atoms with Gasteiger partial charge in [-0.05, 0) is 19.2 Å². The third kappa shape index (κ3) is 5.00. The van der Waals surface area contributed by atoms with E-state index in [2.05, 4.69) is 10.6 Å². The average molecular weight is 300 g/mol. The fraction of sp³-hybridized carbons (Fsp3) is 0.500. The number of likely N-dealkylation sites (N-methyl/N-ethyl adjacent to an activating group) is 1. The van der Waals surface area contributed by atoms with Crippen LogP contribution >= 0.6 is 11.6 Å². The summed E-state index contributed by atoms with van der Waals surface area (Å²) in [6, 6.07) is 5.70. The van der Waals surface area contributed by atoms with Crippen molar-refractivity contribution in [3.63, 3.8) is 0 Å². The minimum Gasteiger partial charge on any atom is -0.383 e. The molecule has 1 rings (SSSR count). The Bertz CT molecular complexity index is 440. The summed E-state index contributed by atoms with van der Waals surface area (Å²) in [6.07, 6.45) is 0. The lowest BCUT2D eigenvalue weighted by Gasteiger charge is -2.22. The van der Waals surface area contributed by atoms with E-state index in [4.69, 9.17) is 16.3 Å². The summed E-state index contributed by atoms with van der Waals surface area (Å²) in [5.41, 5.74) is 1.94. The van der Waals surface area contributed by atoms with Gasteiger partial charge in [0.1, 0.15) is 0 Å². The highest BCUT2D eigenvalue weighted by atomic mass is 35.5. The molecule has 6 heteroatoms. The second-order valence-corrected chi connectivity index (χ2v) is 4.87. The van der Waals surface area contributed by atoms with Crippen LogP contribution in [0.2, 0.25) is 5.02 Å². The molecule has 0 saturated heterocycles. The molecule has 0 saturated carbocycles. The Labute approximate surface area is 125 Å². The van der Waals surface area contributed by atoms with E-state index in [1.807, 2.05) is 37.2 Å². The number of carbonyl (C=O) groups is 1. The highest BCUT2D eigenvalue weighted by Gasteiger charge is 2.12. The van der Waals surface area contributed by atoms with E-state index in [0.29, 0.717) is 24.7 Å². The minimum atomic E-state index is -0.0417. The lowest BCUT2D eigenvalue weighted by atomic mass is 10.1. The van der Waals surface area contributed by atoms with Crippen LogP contribution in [-0.2, 0) is 16.1 Å². The van der Waals surface area contributed by atoms with Gasteiger partial charge in [0.15, 0.2) is 0 Å². The van der Waals surface area contributed by atoms with Crippen molar-refractivity contribution in [3.8, 4) is 0 Å². The number of ether oxygens (including phenoxy) is 1. The van der Waals surface area contributed by atoms with Gasteiger partial charge in [-0.25, -0.2) is 0 Å². The second-order valence-electron chi connectivity index (χ2n) is 4.47. The van der Waals surface area contributed by atoms with Crippen LogP contribution in [0.3, 0.4) is 0 Å². The molecule has 0 radical (unpaired) electrons. The standard InChI is InChI=1S/C14H22ClN3O2/c1-16-9-11-12(15)5-4-6-13(11)18(2)10-14(19)17-7-8-20-3/h4-6,16H,7-10H2,1-3H3,(H,17,19). The Morgan fingerprint density at radius 3 is 2.85 bits per heavy atom. The van der Waals surface area contributed by atoms with Crippen LogP contribution in [0.25, 0.3) is 0 Å². The third-order valence-corrected chi connectivity index (χ3v) is 3.22. The molecule has 0 aromatic heterocycles. The quantitative estimate of drug-likeness (QED) is 0.710. The average Bonchev–Trinajstić information content (AvgIpc) is 2.41. The van der Waals surface area contributed by atoms with Crippen LogP contribution < -0.4 is 15.5 Å². The number of carbonyl (C=O) groups excluding carboxylic acids is 1. The van der Waals surface area contributed by atoms with Crippen molar-refractivity contribution in [3.05, 3.63) is 28.8 Å². The van der Waals surface area contributed by atoms with Crippen molar-refractivity contribution in [2.45, 2.75) is 6.54 Å². The van der Waals surface area contributed by atoms with Crippen LogP contribution in [0.1, 0.15) is 5.56 Å². The maximum atomic E-state index is 11.8. The Morgan fingerprint density at radius 2 is 2.20 bits per heavy atom. The highest BCUT2D eigenvalue weighted by molar-refractivity contribution is 6.31. The van der Waals surface area contributed by atoms with E-state index in [1.54, 1.807) is 7.11 Å². The first kappa shape index (κ1) is 16.8. The van der Waals surface area contributed by atoms with Gasteiger partial charge in [-0.15, -0.1) is 0 Å². The van der Waals surface area contributed by atoms with Crippen LogP contribution in [0, 0.1) is 0 Å². The second kappa shape index (κ2) is 8.79. The van der Waals surface area contributed by atoms with Crippen molar-refractivity contribution in [2.24, 2.45) is 0 Å². The fourth-order valence-electron chi connectivity index (χ4n) is 1.91. The molecule has 0 aliphatic carbocycles. The molecule has 1 aromatic rings. The van der Waals surface area contributed by atoms with E-state index in [0.717, 1.165) is 11.3 Å². The summed E-state index contributed by atoms with van der Waals surface area (Å²) in [5, 5.41) is 6.58. The molecule has 0 heterocycles. The lowest BCUT2D eigenvalue weighted by Crippen LogP contribution is -2.37. The van der Waals surface area contributed by atoms with Gasteiger partial charge >= 0.3 is 0 Å². The van der Waals surface area contributed by atoms with E-state index >= 15 is 0 Å². The van der Waals surface area contributed by atoms with Gasteiger partial charge in [-0.2, -0.15) is 0 Å². The maximum absolute atomic E-state index is 11.8. The van der Waals surface area contributed by atoms with Gasteiger partial charge in [0.25, 0.3) is 0 Å². The number of amides is 1. The summed E-state index contributed by atoms with van der Waals surface area (Å²) in [5.74, 6) is -0.0417. The Hall–Kier alpha value is -1.30. The van der Waals surface area contributed by atoms with E-state index < -0.39 is 0 Å². The highest BCUT2D eigenvalue weighted by Crippen LogP contribution is 2.26. The summed E-state index contributed by atoms with van der Waals surface area (Å²) < 4.78 is 4.89. The Morgan fingerprint density at radius 1 is 1.45 bits per heavy atom. The molecule has 0 spiro atoms. The van der Waals surface area contributed by atoms with E-state index in [1.165, 1.54) is 0 Å². The number of hydrogen-bond acceptors (Lipinski definition) is 4. The summed E-state index contributed by atoms with van der Waals surface area (Å²) in [7, 11) is 5.35. The zero-order valence-electron chi connectivity index (χ0n) is 12.2. The molecule has 112 valence electrons. The Kier molecular flexibility index (Phi) is 7.36. The molecule has 5 nitrogen and oxygen atoms in total. The van der Waals surface area contributed by atoms with Gasteiger partial charge in [-0.3, -0.25) is 4.79 Å². The zero-order chi connectivity index (χ0) is 15.0. The van der Waals surface area contributed by atoms with Gasteiger partial charge < -0.3 is 20.3 Å². The Balaban J connectivity index is 2.69. The molecule has 0 bridgehead atoms. The minimum absolute atomic E-state index is 0.0417. The van der Waals surface area contributed by atoms with E-state index in [-0.39, 0.29) is 12.5 Å². The molecule has 2 N–H and O–H groups in total. The predicted octanol–water partition coefficient (Wildman–Crippen LogP) is 1.26. The molecular formula is C14H22ClN3O2. The lowest BCUT2D eigenvalue weighted by molar-refractivity contribution is -0.119.